The summed E-state index contributed by atoms with van der Waals surface area (Å²) in [5.74, 6) is 1.60. The normalized spacial score (nSPS) is 32.4. The van der Waals surface area contributed by atoms with Gasteiger partial charge in [0.2, 0.25) is 0 Å². The van der Waals surface area contributed by atoms with Crippen molar-refractivity contribution in [1.82, 2.24) is 5.48 Å². The third kappa shape index (κ3) is 3.21. The van der Waals surface area contributed by atoms with Crippen LogP contribution in [-0.4, -0.2) is 12.1 Å². The van der Waals surface area contributed by atoms with E-state index in [1.54, 1.807) is 0 Å². The van der Waals surface area contributed by atoms with Gasteiger partial charge in [0.05, 0.1) is 6.10 Å². The van der Waals surface area contributed by atoms with Crippen LogP contribution in [0.3, 0.4) is 0 Å². The van der Waals surface area contributed by atoms with E-state index >= 15 is 0 Å². The molecule has 2 saturated carbocycles. The predicted octanol–water partition coefficient (Wildman–Crippen LogP) is 3.67. The summed E-state index contributed by atoms with van der Waals surface area (Å²) in [7, 11) is 0. The van der Waals surface area contributed by atoms with Crippen LogP contribution in [0.4, 0.5) is 0 Å². The van der Waals surface area contributed by atoms with Gasteiger partial charge >= 0.3 is 0 Å². The fraction of sp³-hybridized carbons (Fsp3) is 1.00. The Morgan fingerprint density at radius 1 is 0.938 bits per heavy atom. The molecule has 0 amide bonds. The summed E-state index contributed by atoms with van der Waals surface area (Å²) in [5.41, 5.74) is 3.39. The molecule has 94 valence electrons. The zero-order valence-corrected chi connectivity index (χ0v) is 10.9. The van der Waals surface area contributed by atoms with Gasteiger partial charge in [-0.2, -0.15) is 5.48 Å². The van der Waals surface area contributed by atoms with E-state index in [-0.39, 0.29) is 0 Å². The van der Waals surface area contributed by atoms with Crippen LogP contribution in [0.1, 0.15) is 65.2 Å². The second-order valence-electron chi connectivity index (χ2n) is 5.94. The van der Waals surface area contributed by atoms with E-state index in [9.17, 15) is 0 Å². The molecule has 0 aromatic carbocycles. The molecule has 2 rings (SSSR count). The van der Waals surface area contributed by atoms with Gasteiger partial charge in [-0.25, -0.2) is 0 Å². The summed E-state index contributed by atoms with van der Waals surface area (Å²) in [6.45, 7) is 4.69. The zero-order valence-electron chi connectivity index (χ0n) is 10.9. The van der Waals surface area contributed by atoms with Crippen molar-refractivity contribution in [3.05, 3.63) is 0 Å². The maximum absolute atomic E-state index is 5.87. The highest BCUT2D eigenvalue weighted by Gasteiger charge is 2.28. The van der Waals surface area contributed by atoms with Gasteiger partial charge in [-0.3, -0.25) is 4.84 Å². The minimum Gasteiger partial charge on any atom is -0.298 e. The van der Waals surface area contributed by atoms with Crippen molar-refractivity contribution in [3.63, 3.8) is 0 Å². The fourth-order valence-corrected chi connectivity index (χ4v) is 3.29. The van der Waals surface area contributed by atoms with Crippen molar-refractivity contribution in [3.8, 4) is 0 Å². The Bertz CT molecular complexity index is 199. The molecule has 0 aromatic heterocycles. The van der Waals surface area contributed by atoms with Gasteiger partial charge in [0.1, 0.15) is 0 Å². The molecule has 2 aliphatic carbocycles. The van der Waals surface area contributed by atoms with Crippen molar-refractivity contribution in [2.75, 3.05) is 0 Å². The lowest BCUT2D eigenvalue weighted by Crippen LogP contribution is -2.42. The van der Waals surface area contributed by atoms with E-state index in [4.69, 9.17) is 4.84 Å². The third-order valence-electron chi connectivity index (χ3n) is 4.36. The largest absolute Gasteiger partial charge is 0.298 e. The van der Waals surface area contributed by atoms with Gasteiger partial charge in [-0.15, -0.1) is 0 Å². The molecular formula is C14H27NO. The number of nitrogens with one attached hydrogen (secondary N) is 1. The minimum absolute atomic E-state index is 0.495. The standard InChI is InChI=1S/C14H27NO/c1-11(2)13-9-5-6-10-14(13)15-16-12-7-3-4-8-12/h11-15H,3-10H2,1-2H3. The van der Waals surface area contributed by atoms with E-state index < -0.39 is 0 Å². The highest BCUT2D eigenvalue weighted by Crippen LogP contribution is 2.30. The molecule has 2 atom stereocenters. The van der Waals surface area contributed by atoms with E-state index in [0.717, 1.165) is 11.8 Å². The molecule has 0 heterocycles. The summed E-state index contributed by atoms with van der Waals surface area (Å²) in [6.07, 6.45) is 11.2. The van der Waals surface area contributed by atoms with Crippen molar-refractivity contribution in [2.24, 2.45) is 11.8 Å². The molecule has 0 aliphatic heterocycles. The number of rotatable bonds is 4. The van der Waals surface area contributed by atoms with Gasteiger partial charge in [-0.1, -0.05) is 39.5 Å². The maximum atomic E-state index is 5.87. The van der Waals surface area contributed by atoms with Crippen LogP contribution in [-0.2, 0) is 4.84 Å². The zero-order chi connectivity index (χ0) is 11.4. The molecule has 2 fully saturated rings. The Morgan fingerprint density at radius 2 is 1.56 bits per heavy atom. The van der Waals surface area contributed by atoms with E-state index in [0.29, 0.717) is 12.1 Å². The van der Waals surface area contributed by atoms with Crippen LogP contribution < -0.4 is 5.48 Å². The quantitative estimate of drug-likeness (QED) is 0.737. The Kier molecular flexibility index (Phi) is 4.66. The second-order valence-corrected chi connectivity index (χ2v) is 5.94. The highest BCUT2D eigenvalue weighted by molar-refractivity contribution is 4.81. The van der Waals surface area contributed by atoms with Crippen LogP contribution in [0.25, 0.3) is 0 Å². The second kappa shape index (κ2) is 6.02. The molecule has 1 N–H and O–H groups in total. The van der Waals surface area contributed by atoms with Crippen LogP contribution in [0.15, 0.2) is 0 Å². The van der Waals surface area contributed by atoms with Gasteiger partial charge in [0, 0.05) is 6.04 Å². The molecule has 0 spiro atoms. The molecule has 16 heavy (non-hydrogen) atoms. The highest BCUT2D eigenvalue weighted by atomic mass is 16.7. The molecule has 0 bridgehead atoms. The smallest absolute Gasteiger partial charge is 0.0790 e. The Labute approximate surface area is 100 Å². The van der Waals surface area contributed by atoms with E-state index in [1.807, 2.05) is 0 Å². The van der Waals surface area contributed by atoms with Crippen molar-refractivity contribution in [2.45, 2.75) is 77.4 Å². The first-order chi connectivity index (χ1) is 7.77. The lowest BCUT2D eigenvalue weighted by Gasteiger charge is -2.35. The summed E-state index contributed by atoms with van der Waals surface area (Å²) >= 11 is 0. The molecule has 0 aromatic rings. The SMILES string of the molecule is CC(C)C1CCCCC1NOC1CCCC1. The number of hydrogen-bond donors (Lipinski definition) is 1. The lowest BCUT2D eigenvalue weighted by atomic mass is 9.78. The molecule has 2 nitrogen and oxygen atoms in total. The topological polar surface area (TPSA) is 21.3 Å². The van der Waals surface area contributed by atoms with Gasteiger partial charge < -0.3 is 0 Å². The van der Waals surface area contributed by atoms with Gasteiger partial charge in [-0.05, 0) is 37.5 Å². The van der Waals surface area contributed by atoms with Crippen LogP contribution in [0.2, 0.25) is 0 Å². The van der Waals surface area contributed by atoms with Crippen molar-refractivity contribution < 1.29 is 4.84 Å². The minimum atomic E-state index is 0.495. The summed E-state index contributed by atoms with van der Waals surface area (Å²) in [4.78, 5) is 5.87. The molecular weight excluding hydrogens is 198 g/mol. The van der Waals surface area contributed by atoms with Crippen molar-refractivity contribution in [1.29, 1.82) is 0 Å². The fourth-order valence-electron chi connectivity index (χ4n) is 3.29. The van der Waals surface area contributed by atoms with E-state index in [1.165, 1.54) is 51.4 Å². The molecule has 2 aliphatic rings. The van der Waals surface area contributed by atoms with E-state index in [2.05, 4.69) is 19.3 Å². The summed E-state index contributed by atoms with van der Waals surface area (Å²) in [6, 6.07) is 0.606. The Hall–Kier alpha value is -0.0800. The first kappa shape index (κ1) is 12.4. The predicted molar refractivity (Wildman–Crippen MR) is 67.1 cm³/mol. The van der Waals surface area contributed by atoms with Crippen LogP contribution >= 0.6 is 0 Å². The molecule has 2 heteroatoms. The lowest BCUT2D eigenvalue weighted by molar-refractivity contribution is -0.0620. The molecule has 0 radical (unpaired) electrons. The van der Waals surface area contributed by atoms with Crippen LogP contribution in [0, 0.1) is 11.8 Å². The summed E-state index contributed by atoms with van der Waals surface area (Å²) in [5, 5.41) is 0. The monoisotopic (exact) mass is 225 g/mol. The number of hydrogen-bond acceptors (Lipinski definition) is 2. The first-order valence-corrected chi connectivity index (χ1v) is 7.18. The van der Waals surface area contributed by atoms with Gasteiger partial charge in [0.25, 0.3) is 0 Å². The Balaban J connectivity index is 1.76. The summed E-state index contributed by atoms with van der Waals surface area (Å²) < 4.78 is 0. The van der Waals surface area contributed by atoms with Gasteiger partial charge in [0.15, 0.2) is 0 Å². The van der Waals surface area contributed by atoms with Crippen LogP contribution in [0.5, 0.6) is 0 Å². The Morgan fingerprint density at radius 3 is 2.25 bits per heavy atom. The maximum Gasteiger partial charge on any atom is 0.0790 e. The van der Waals surface area contributed by atoms with Crippen molar-refractivity contribution >= 4 is 0 Å². The number of hydroxylamine groups is 1. The third-order valence-corrected chi connectivity index (χ3v) is 4.36. The molecule has 0 saturated heterocycles. The average molecular weight is 225 g/mol. The first-order valence-electron chi connectivity index (χ1n) is 7.18. The average Bonchev–Trinajstić information content (AvgIpc) is 2.79. The molecule has 2 unspecified atom stereocenters.